The number of carboxylic acids is 1. The van der Waals surface area contributed by atoms with Crippen molar-refractivity contribution in [2.75, 3.05) is 0 Å². The molecule has 1 heterocycles. The van der Waals surface area contributed by atoms with Gasteiger partial charge in [0.2, 0.25) is 0 Å². The number of carbonyl (C=O) groups is 2. The third-order valence-corrected chi connectivity index (χ3v) is 5.38. The van der Waals surface area contributed by atoms with E-state index in [1.165, 1.54) is 42.1 Å². The van der Waals surface area contributed by atoms with E-state index in [4.69, 9.17) is 9.84 Å². The first-order valence-corrected chi connectivity index (χ1v) is 10.4. The molecule has 0 saturated carbocycles. The molecule has 0 aliphatic carbocycles. The lowest BCUT2D eigenvalue weighted by atomic mass is 10.1. The fourth-order valence-corrected chi connectivity index (χ4v) is 3.73. The van der Waals surface area contributed by atoms with Crippen molar-refractivity contribution in [1.29, 1.82) is 0 Å². The van der Waals surface area contributed by atoms with Crippen molar-refractivity contribution in [2.45, 2.75) is 6.61 Å². The van der Waals surface area contributed by atoms with Crippen molar-refractivity contribution >= 4 is 40.6 Å². The highest BCUT2D eigenvalue weighted by Gasteiger charge is 2.23. The Morgan fingerprint density at radius 1 is 1.09 bits per heavy atom. The monoisotopic (exact) mass is 448 g/mol. The Morgan fingerprint density at radius 2 is 1.84 bits per heavy atom. The average Bonchev–Trinajstić information content (AvgIpc) is 3.13. The first-order chi connectivity index (χ1) is 15.5. The van der Waals surface area contributed by atoms with Gasteiger partial charge in [-0.1, -0.05) is 24.3 Å². The summed E-state index contributed by atoms with van der Waals surface area (Å²) in [6.07, 6.45) is 1.74. The Hall–Kier alpha value is -3.91. The van der Waals surface area contributed by atoms with Crippen LogP contribution >= 0.6 is 11.8 Å². The van der Waals surface area contributed by atoms with Crippen LogP contribution in [0.2, 0.25) is 0 Å². The lowest BCUT2D eigenvalue weighted by Crippen LogP contribution is -2.19. The van der Waals surface area contributed by atoms with Crippen LogP contribution in [0, 0.1) is 5.82 Å². The summed E-state index contributed by atoms with van der Waals surface area (Å²) in [5, 5.41) is 12.2. The van der Waals surface area contributed by atoms with E-state index in [0.717, 1.165) is 11.1 Å². The summed E-state index contributed by atoms with van der Waals surface area (Å²) in [7, 11) is 0. The van der Waals surface area contributed by atoms with Gasteiger partial charge in [0.25, 0.3) is 5.91 Å². The van der Waals surface area contributed by atoms with Crippen molar-refractivity contribution in [3.8, 4) is 5.75 Å². The third kappa shape index (κ3) is 5.41. The molecule has 0 aromatic heterocycles. The van der Waals surface area contributed by atoms with E-state index in [1.807, 2.05) is 12.1 Å². The number of amides is 1. The Labute approximate surface area is 187 Å². The summed E-state index contributed by atoms with van der Waals surface area (Å²) >= 11 is 1.21. The predicted molar refractivity (Wildman–Crippen MR) is 121 cm³/mol. The van der Waals surface area contributed by atoms with Crippen LogP contribution in [0.1, 0.15) is 21.5 Å². The number of rotatable bonds is 6. The van der Waals surface area contributed by atoms with E-state index < -0.39 is 5.97 Å². The molecule has 3 aromatic rings. The molecule has 0 radical (unpaired) electrons. The van der Waals surface area contributed by atoms with Crippen LogP contribution in [-0.4, -0.2) is 22.2 Å². The van der Waals surface area contributed by atoms with Crippen molar-refractivity contribution in [3.63, 3.8) is 0 Å². The number of aliphatic imine (C=N–C) groups is 1. The fourth-order valence-electron chi connectivity index (χ4n) is 2.89. The molecule has 2 N–H and O–H groups in total. The lowest BCUT2D eigenvalue weighted by molar-refractivity contribution is -0.115. The molecular weight excluding hydrogens is 431 g/mol. The number of amidine groups is 1. The zero-order valence-corrected chi connectivity index (χ0v) is 17.4. The number of thioether (sulfide) groups is 1. The van der Waals surface area contributed by atoms with Crippen LogP contribution < -0.4 is 10.1 Å². The van der Waals surface area contributed by atoms with Crippen LogP contribution in [0.4, 0.5) is 10.1 Å². The summed E-state index contributed by atoms with van der Waals surface area (Å²) in [4.78, 5) is 28.1. The smallest absolute Gasteiger partial charge is 0.335 e. The van der Waals surface area contributed by atoms with Gasteiger partial charge >= 0.3 is 5.97 Å². The van der Waals surface area contributed by atoms with Crippen molar-refractivity contribution in [2.24, 2.45) is 4.99 Å². The molecule has 3 aromatic carbocycles. The summed E-state index contributed by atoms with van der Waals surface area (Å²) in [6.45, 7) is 0.239. The summed E-state index contributed by atoms with van der Waals surface area (Å²) < 4.78 is 18.7. The molecule has 1 saturated heterocycles. The van der Waals surface area contributed by atoms with Crippen LogP contribution in [0.25, 0.3) is 6.08 Å². The van der Waals surface area contributed by atoms with Crippen molar-refractivity contribution in [3.05, 3.63) is 100 Å². The van der Waals surface area contributed by atoms with E-state index in [2.05, 4.69) is 10.3 Å². The molecule has 1 aliphatic heterocycles. The van der Waals surface area contributed by atoms with Gasteiger partial charge in [-0.3, -0.25) is 4.79 Å². The minimum absolute atomic E-state index is 0.211. The van der Waals surface area contributed by atoms with E-state index in [-0.39, 0.29) is 23.9 Å². The molecule has 8 heteroatoms. The minimum atomic E-state index is -0.982. The molecule has 0 bridgehead atoms. The van der Waals surface area contributed by atoms with Crippen molar-refractivity contribution < 1.29 is 23.8 Å². The van der Waals surface area contributed by atoms with Crippen LogP contribution in [-0.2, 0) is 11.4 Å². The second-order valence-electron chi connectivity index (χ2n) is 6.82. The number of halogens is 1. The van der Waals surface area contributed by atoms with Gasteiger partial charge in [0.1, 0.15) is 18.2 Å². The Bertz CT molecular complexity index is 1220. The number of nitrogens with one attached hydrogen (secondary N) is 1. The van der Waals surface area contributed by atoms with Crippen LogP contribution in [0.15, 0.2) is 82.7 Å². The summed E-state index contributed by atoms with van der Waals surface area (Å²) in [5.41, 5.74) is 2.32. The molecule has 32 heavy (non-hydrogen) atoms. The normalized spacial score (nSPS) is 15.7. The molecule has 0 spiro atoms. The number of aromatic carboxylic acids is 1. The number of carbonyl (C=O) groups excluding carboxylic acids is 1. The van der Waals surface area contributed by atoms with Crippen LogP contribution in [0.3, 0.4) is 0 Å². The highest BCUT2D eigenvalue weighted by Crippen LogP contribution is 2.28. The van der Waals surface area contributed by atoms with Gasteiger partial charge in [-0.15, -0.1) is 0 Å². The van der Waals surface area contributed by atoms with Gasteiger partial charge in [0.15, 0.2) is 5.17 Å². The maximum absolute atomic E-state index is 13.0. The highest BCUT2D eigenvalue weighted by molar-refractivity contribution is 8.18. The van der Waals surface area contributed by atoms with Crippen LogP contribution in [0.5, 0.6) is 5.75 Å². The van der Waals surface area contributed by atoms with Gasteiger partial charge < -0.3 is 15.2 Å². The molecule has 6 nitrogen and oxygen atoms in total. The lowest BCUT2D eigenvalue weighted by Gasteiger charge is -2.07. The quantitative estimate of drug-likeness (QED) is 0.519. The second-order valence-corrected chi connectivity index (χ2v) is 7.85. The maximum Gasteiger partial charge on any atom is 0.335 e. The Balaban J connectivity index is 1.39. The standard InChI is InChI=1S/C24H17FN2O4S/c25-18-6-8-19(9-7-18)26-24-27-22(28)21(32-24)13-15-4-10-20(11-5-15)31-14-16-2-1-3-17(12-16)23(29)30/h1-13H,14H2,(H,29,30)(H,26,27,28). The minimum Gasteiger partial charge on any atom is -0.489 e. The molecule has 160 valence electrons. The Morgan fingerprint density at radius 3 is 2.56 bits per heavy atom. The molecule has 0 atom stereocenters. The first-order valence-electron chi connectivity index (χ1n) is 9.56. The first kappa shape index (κ1) is 21.3. The second kappa shape index (κ2) is 9.49. The molecule has 1 fully saturated rings. The maximum atomic E-state index is 13.0. The summed E-state index contributed by atoms with van der Waals surface area (Å²) in [6, 6.07) is 19.5. The number of ether oxygens (including phenoxy) is 1. The number of hydrogen-bond donors (Lipinski definition) is 2. The summed E-state index contributed by atoms with van der Waals surface area (Å²) in [5.74, 6) is -0.966. The predicted octanol–water partition coefficient (Wildman–Crippen LogP) is 4.99. The van der Waals surface area contributed by atoms with E-state index in [0.29, 0.717) is 21.5 Å². The van der Waals surface area contributed by atoms with Gasteiger partial charge in [0.05, 0.1) is 16.2 Å². The van der Waals surface area contributed by atoms with Gasteiger partial charge in [0, 0.05) is 0 Å². The van der Waals surface area contributed by atoms with E-state index >= 15 is 0 Å². The van der Waals surface area contributed by atoms with E-state index in [1.54, 1.807) is 36.4 Å². The molecule has 1 amide bonds. The molecule has 0 unspecified atom stereocenters. The average molecular weight is 448 g/mol. The zero-order valence-electron chi connectivity index (χ0n) is 16.6. The number of hydrogen-bond acceptors (Lipinski definition) is 5. The van der Waals surface area contributed by atoms with Gasteiger partial charge in [-0.2, -0.15) is 0 Å². The SMILES string of the molecule is O=C1NC(=Nc2ccc(F)cc2)SC1=Cc1ccc(OCc2cccc(C(=O)O)c2)cc1. The fraction of sp³-hybridized carbons (Fsp3) is 0.0417. The third-order valence-electron chi connectivity index (χ3n) is 4.47. The molecule has 4 rings (SSSR count). The highest BCUT2D eigenvalue weighted by atomic mass is 32.2. The molecular formula is C24H17FN2O4S. The van der Waals surface area contributed by atoms with Gasteiger partial charge in [-0.05, 0) is 77.5 Å². The largest absolute Gasteiger partial charge is 0.489 e. The Kier molecular flexibility index (Phi) is 6.32. The number of nitrogens with zero attached hydrogens (tertiary/aromatic N) is 1. The number of benzene rings is 3. The van der Waals surface area contributed by atoms with Gasteiger partial charge in [-0.25, -0.2) is 14.2 Å². The van der Waals surface area contributed by atoms with E-state index in [9.17, 15) is 14.0 Å². The molecule has 1 aliphatic rings. The number of carboxylic acid groups (broad SMARTS) is 1. The topological polar surface area (TPSA) is 88.0 Å². The zero-order chi connectivity index (χ0) is 22.5. The van der Waals surface area contributed by atoms with Crippen molar-refractivity contribution in [1.82, 2.24) is 5.32 Å².